The summed E-state index contributed by atoms with van der Waals surface area (Å²) in [6.07, 6.45) is 0. The van der Waals surface area contributed by atoms with Gasteiger partial charge in [0.05, 0.1) is 5.69 Å². The molecule has 2 rings (SSSR count). The largest absolute Gasteiger partial charge is 0.399 e. The summed E-state index contributed by atoms with van der Waals surface area (Å²) in [5.41, 5.74) is 8.87. The fourth-order valence-corrected chi connectivity index (χ4v) is 2.18. The van der Waals surface area contributed by atoms with Gasteiger partial charge in [-0.3, -0.25) is 0 Å². The molecular formula is C13H12FIN2. The molecule has 88 valence electrons. The number of nitrogen functional groups attached to an aromatic ring is 1. The van der Waals surface area contributed by atoms with Gasteiger partial charge in [-0.25, -0.2) is 4.39 Å². The van der Waals surface area contributed by atoms with Gasteiger partial charge < -0.3 is 11.1 Å². The van der Waals surface area contributed by atoms with Crippen molar-refractivity contribution in [2.24, 2.45) is 0 Å². The van der Waals surface area contributed by atoms with Gasteiger partial charge in [0, 0.05) is 14.9 Å². The van der Waals surface area contributed by atoms with Crippen molar-refractivity contribution in [3.8, 4) is 0 Å². The molecule has 0 saturated heterocycles. The predicted octanol–water partition coefficient (Wildman–Crippen LogP) is 4.06. The summed E-state index contributed by atoms with van der Waals surface area (Å²) in [6, 6.07) is 10.6. The highest BCUT2D eigenvalue weighted by molar-refractivity contribution is 14.1. The number of nitrogens with one attached hydrogen (secondary N) is 1. The van der Waals surface area contributed by atoms with Gasteiger partial charge in [-0.05, 0) is 71.5 Å². The Balaban J connectivity index is 2.28. The standard InChI is InChI=1S/C13H12FIN2/c1-8-6-10(3-4-11(8)14)17-13-5-2-9(16)7-12(13)15/h2-7,17H,16H2,1H3. The van der Waals surface area contributed by atoms with E-state index in [1.165, 1.54) is 6.07 Å². The summed E-state index contributed by atoms with van der Waals surface area (Å²) in [4.78, 5) is 0. The zero-order chi connectivity index (χ0) is 12.4. The minimum atomic E-state index is -0.192. The van der Waals surface area contributed by atoms with Crippen LogP contribution >= 0.6 is 22.6 Å². The van der Waals surface area contributed by atoms with Crippen molar-refractivity contribution in [3.63, 3.8) is 0 Å². The molecule has 0 aliphatic carbocycles. The first-order chi connectivity index (χ1) is 8.06. The van der Waals surface area contributed by atoms with Gasteiger partial charge >= 0.3 is 0 Å². The van der Waals surface area contributed by atoms with E-state index in [4.69, 9.17) is 5.73 Å². The third kappa shape index (κ3) is 2.88. The van der Waals surface area contributed by atoms with Crippen molar-refractivity contribution < 1.29 is 4.39 Å². The molecule has 0 bridgehead atoms. The van der Waals surface area contributed by atoms with E-state index in [2.05, 4.69) is 27.9 Å². The van der Waals surface area contributed by atoms with Crippen molar-refractivity contribution in [3.05, 3.63) is 51.3 Å². The van der Waals surface area contributed by atoms with Gasteiger partial charge in [-0.2, -0.15) is 0 Å². The van der Waals surface area contributed by atoms with Gasteiger partial charge in [-0.1, -0.05) is 0 Å². The minimum Gasteiger partial charge on any atom is -0.399 e. The van der Waals surface area contributed by atoms with Crippen molar-refractivity contribution in [1.29, 1.82) is 0 Å². The van der Waals surface area contributed by atoms with Crippen molar-refractivity contribution >= 4 is 39.7 Å². The second-order valence-electron chi connectivity index (χ2n) is 3.83. The molecule has 0 fully saturated rings. The SMILES string of the molecule is Cc1cc(Nc2ccc(N)cc2I)ccc1F. The van der Waals surface area contributed by atoms with Crippen LogP contribution in [-0.4, -0.2) is 0 Å². The van der Waals surface area contributed by atoms with Crippen molar-refractivity contribution in [2.45, 2.75) is 6.92 Å². The number of nitrogens with two attached hydrogens (primary N) is 1. The molecule has 2 nitrogen and oxygen atoms in total. The molecular weight excluding hydrogens is 330 g/mol. The highest BCUT2D eigenvalue weighted by Gasteiger charge is 2.02. The molecule has 0 aromatic heterocycles. The van der Waals surface area contributed by atoms with Crippen LogP contribution in [0.25, 0.3) is 0 Å². The second kappa shape index (κ2) is 4.91. The third-order valence-corrected chi connectivity index (χ3v) is 3.32. The molecule has 2 aromatic rings. The molecule has 4 heteroatoms. The number of hydrogen-bond donors (Lipinski definition) is 2. The Morgan fingerprint density at radius 1 is 1.18 bits per heavy atom. The summed E-state index contributed by atoms with van der Waals surface area (Å²) in [7, 11) is 0. The van der Waals surface area contributed by atoms with Crippen LogP contribution in [0.15, 0.2) is 36.4 Å². The van der Waals surface area contributed by atoms with Crippen LogP contribution < -0.4 is 11.1 Å². The van der Waals surface area contributed by atoms with E-state index in [1.807, 2.05) is 18.2 Å². The first-order valence-corrected chi connectivity index (χ1v) is 6.22. The maximum absolute atomic E-state index is 13.1. The lowest BCUT2D eigenvalue weighted by molar-refractivity contribution is 0.619. The van der Waals surface area contributed by atoms with Crippen molar-refractivity contribution in [2.75, 3.05) is 11.1 Å². The zero-order valence-electron chi connectivity index (χ0n) is 9.30. The first kappa shape index (κ1) is 12.2. The highest BCUT2D eigenvalue weighted by Crippen LogP contribution is 2.25. The summed E-state index contributed by atoms with van der Waals surface area (Å²) >= 11 is 2.21. The Labute approximate surface area is 113 Å². The van der Waals surface area contributed by atoms with E-state index < -0.39 is 0 Å². The smallest absolute Gasteiger partial charge is 0.126 e. The normalized spacial score (nSPS) is 10.3. The van der Waals surface area contributed by atoms with Crippen LogP contribution in [-0.2, 0) is 0 Å². The summed E-state index contributed by atoms with van der Waals surface area (Å²) in [6.45, 7) is 1.74. The van der Waals surface area contributed by atoms with Crippen LogP contribution in [0.5, 0.6) is 0 Å². The molecule has 17 heavy (non-hydrogen) atoms. The number of aryl methyl sites for hydroxylation is 1. The van der Waals surface area contributed by atoms with Gasteiger partial charge in [-0.15, -0.1) is 0 Å². The molecule has 0 aliphatic heterocycles. The van der Waals surface area contributed by atoms with Crippen LogP contribution in [0.4, 0.5) is 21.5 Å². The summed E-state index contributed by atoms with van der Waals surface area (Å²) < 4.78 is 14.2. The van der Waals surface area contributed by atoms with Crippen LogP contribution in [0, 0.1) is 16.3 Å². The van der Waals surface area contributed by atoms with Gasteiger partial charge in [0.15, 0.2) is 0 Å². The van der Waals surface area contributed by atoms with E-state index in [0.29, 0.717) is 5.56 Å². The Morgan fingerprint density at radius 3 is 2.59 bits per heavy atom. The van der Waals surface area contributed by atoms with E-state index in [9.17, 15) is 4.39 Å². The lowest BCUT2D eigenvalue weighted by Crippen LogP contribution is -1.95. The number of anilines is 3. The molecule has 0 spiro atoms. The maximum atomic E-state index is 13.1. The average Bonchev–Trinajstić information content (AvgIpc) is 2.27. The van der Waals surface area contributed by atoms with Crippen LogP contribution in [0.2, 0.25) is 0 Å². The first-order valence-electron chi connectivity index (χ1n) is 5.14. The number of halogens is 2. The summed E-state index contributed by atoms with van der Waals surface area (Å²) in [5.74, 6) is -0.192. The maximum Gasteiger partial charge on any atom is 0.126 e. The molecule has 0 heterocycles. The fraction of sp³-hybridized carbons (Fsp3) is 0.0769. The van der Waals surface area contributed by atoms with Gasteiger partial charge in [0.2, 0.25) is 0 Å². The zero-order valence-corrected chi connectivity index (χ0v) is 11.5. The summed E-state index contributed by atoms with van der Waals surface area (Å²) in [5, 5.41) is 3.24. The van der Waals surface area contributed by atoms with E-state index in [0.717, 1.165) is 20.6 Å². The topological polar surface area (TPSA) is 38.0 Å². The van der Waals surface area contributed by atoms with E-state index in [1.54, 1.807) is 19.1 Å². The van der Waals surface area contributed by atoms with Crippen molar-refractivity contribution in [1.82, 2.24) is 0 Å². The van der Waals surface area contributed by atoms with Gasteiger partial charge in [0.25, 0.3) is 0 Å². The van der Waals surface area contributed by atoms with E-state index >= 15 is 0 Å². The Bertz CT molecular complexity index is 555. The molecule has 0 radical (unpaired) electrons. The fourth-order valence-electron chi connectivity index (χ4n) is 1.51. The Hall–Kier alpha value is -1.30. The van der Waals surface area contributed by atoms with Crippen LogP contribution in [0.3, 0.4) is 0 Å². The molecule has 3 N–H and O–H groups in total. The average molecular weight is 342 g/mol. The number of hydrogen-bond acceptors (Lipinski definition) is 2. The number of benzene rings is 2. The predicted molar refractivity (Wildman–Crippen MR) is 78.0 cm³/mol. The number of rotatable bonds is 2. The lowest BCUT2D eigenvalue weighted by Gasteiger charge is -2.10. The highest BCUT2D eigenvalue weighted by atomic mass is 127. The Morgan fingerprint density at radius 2 is 1.94 bits per heavy atom. The molecule has 0 unspecified atom stereocenters. The molecule has 2 aromatic carbocycles. The molecule has 0 amide bonds. The lowest BCUT2D eigenvalue weighted by atomic mass is 10.2. The second-order valence-corrected chi connectivity index (χ2v) is 4.99. The quantitative estimate of drug-likeness (QED) is 0.638. The third-order valence-electron chi connectivity index (χ3n) is 2.43. The van der Waals surface area contributed by atoms with Gasteiger partial charge in [0.1, 0.15) is 5.82 Å². The Kier molecular flexibility index (Phi) is 3.51. The minimum absolute atomic E-state index is 0.192. The molecule has 0 atom stereocenters. The monoisotopic (exact) mass is 342 g/mol. The van der Waals surface area contributed by atoms with E-state index in [-0.39, 0.29) is 5.82 Å². The van der Waals surface area contributed by atoms with Crippen LogP contribution in [0.1, 0.15) is 5.56 Å². The molecule has 0 saturated carbocycles. The molecule has 0 aliphatic rings.